The minimum absolute atomic E-state index is 0. The Hall–Kier alpha value is -0.750. The number of likely N-dealkylation sites (tertiary alicyclic amines) is 1. The van der Waals surface area contributed by atoms with Crippen molar-refractivity contribution in [1.82, 2.24) is 10.2 Å². The van der Waals surface area contributed by atoms with Gasteiger partial charge >= 0.3 is 0 Å². The Labute approximate surface area is 155 Å². The summed E-state index contributed by atoms with van der Waals surface area (Å²) in [4.78, 5) is 15.8. The van der Waals surface area contributed by atoms with Gasteiger partial charge in [-0.3, -0.25) is 4.79 Å². The van der Waals surface area contributed by atoms with Gasteiger partial charge in [0, 0.05) is 36.3 Å². The molecule has 1 amide bonds. The van der Waals surface area contributed by atoms with Crippen LogP contribution in [0, 0.1) is 6.92 Å². The fraction of sp³-hybridized carbons (Fsp3) is 0.611. The number of carbonyl (C=O) groups excluding carboxylic acids is 1. The number of thioether (sulfide) groups is 1. The zero-order valence-corrected chi connectivity index (χ0v) is 15.8. The molecule has 0 saturated carbocycles. The molecule has 1 unspecified atom stereocenters. The van der Waals surface area contributed by atoms with Gasteiger partial charge in [0.25, 0.3) is 0 Å². The Bertz CT molecular complexity index is 530. The molecule has 1 atom stereocenters. The highest BCUT2D eigenvalue weighted by Gasteiger charge is 2.26. The van der Waals surface area contributed by atoms with Crippen LogP contribution in [0.4, 0.5) is 0 Å². The molecule has 1 aromatic carbocycles. The van der Waals surface area contributed by atoms with E-state index in [-0.39, 0.29) is 24.4 Å². The molecule has 24 heavy (non-hydrogen) atoms. The van der Waals surface area contributed by atoms with Crippen molar-refractivity contribution in [3.8, 4) is 0 Å². The zero-order valence-electron chi connectivity index (χ0n) is 14.2. The second-order valence-electron chi connectivity index (χ2n) is 6.36. The number of aryl methyl sites for hydroxylation is 1. The summed E-state index contributed by atoms with van der Waals surface area (Å²) in [6.45, 7) is 6.33. The van der Waals surface area contributed by atoms with E-state index in [1.165, 1.54) is 10.5 Å². The second-order valence-corrected chi connectivity index (χ2v) is 7.71. The summed E-state index contributed by atoms with van der Waals surface area (Å²) in [6.07, 6.45) is 2.72. The van der Waals surface area contributed by atoms with Crippen LogP contribution >= 0.6 is 24.2 Å². The third-order valence-corrected chi connectivity index (χ3v) is 6.11. The van der Waals surface area contributed by atoms with Gasteiger partial charge in [-0.05, 0) is 31.4 Å². The topological polar surface area (TPSA) is 41.6 Å². The van der Waals surface area contributed by atoms with Crippen LogP contribution in [-0.2, 0) is 9.53 Å². The summed E-state index contributed by atoms with van der Waals surface area (Å²) in [5.74, 6) is 0.248. The van der Waals surface area contributed by atoms with Crippen LogP contribution in [-0.4, -0.2) is 54.9 Å². The van der Waals surface area contributed by atoms with Crippen molar-refractivity contribution in [1.29, 1.82) is 0 Å². The van der Waals surface area contributed by atoms with Gasteiger partial charge in [0.1, 0.15) is 0 Å². The van der Waals surface area contributed by atoms with E-state index >= 15 is 0 Å². The number of ether oxygens (including phenoxy) is 1. The quantitative estimate of drug-likeness (QED) is 0.884. The third kappa shape index (κ3) is 5.38. The standard InChI is InChI=1S/C18H26N2O2S.ClH/c1-14-4-2-3-5-17(14)23-16-6-9-20(10-7-16)18(21)12-15-13-19-8-11-22-15;/h2-5,15-16,19H,6-13H2,1H3;1H. The average molecular weight is 371 g/mol. The van der Waals surface area contributed by atoms with E-state index in [1.54, 1.807) is 0 Å². The number of hydrogen-bond acceptors (Lipinski definition) is 4. The fourth-order valence-corrected chi connectivity index (χ4v) is 4.38. The van der Waals surface area contributed by atoms with Gasteiger partial charge in [0.2, 0.25) is 5.91 Å². The highest BCUT2D eigenvalue weighted by Crippen LogP contribution is 2.32. The maximum absolute atomic E-state index is 12.4. The molecule has 2 heterocycles. The molecule has 3 rings (SSSR count). The molecule has 0 spiro atoms. The van der Waals surface area contributed by atoms with Crippen LogP contribution < -0.4 is 5.32 Å². The number of amides is 1. The first-order valence-corrected chi connectivity index (χ1v) is 9.43. The van der Waals surface area contributed by atoms with Crippen LogP contribution in [0.2, 0.25) is 0 Å². The molecule has 1 aromatic rings. The molecule has 134 valence electrons. The molecular weight excluding hydrogens is 344 g/mol. The van der Waals surface area contributed by atoms with Gasteiger partial charge < -0.3 is 15.0 Å². The second kappa shape index (κ2) is 9.66. The Balaban J connectivity index is 0.00000208. The summed E-state index contributed by atoms with van der Waals surface area (Å²) >= 11 is 1.97. The summed E-state index contributed by atoms with van der Waals surface area (Å²) in [7, 11) is 0. The van der Waals surface area contributed by atoms with Crippen molar-refractivity contribution >= 4 is 30.1 Å². The smallest absolute Gasteiger partial charge is 0.225 e. The van der Waals surface area contributed by atoms with Crippen molar-refractivity contribution in [2.45, 2.75) is 42.4 Å². The van der Waals surface area contributed by atoms with Gasteiger partial charge in [-0.25, -0.2) is 0 Å². The first-order valence-electron chi connectivity index (χ1n) is 8.55. The molecule has 2 aliphatic heterocycles. The number of halogens is 1. The lowest BCUT2D eigenvalue weighted by atomic mass is 10.1. The predicted molar refractivity (Wildman–Crippen MR) is 101 cm³/mol. The monoisotopic (exact) mass is 370 g/mol. The van der Waals surface area contributed by atoms with Crippen LogP contribution in [0.15, 0.2) is 29.2 Å². The molecule has 2 fully saturated rings. The van der Waals surface area contributed by atoms with Crippen molar-refractivity contribution in [2.75, 3.05) is 32.8 Å². The lowest BCUT2D eigenvalue weighted by Gasteiger charge is -2.33. The summed E-state index contributed by atoms with van der Waals surface area (Å²) in [6, 6.07) is 8.55. The Morgan fingerprint density at radius 1 is 1.33 bits per heavy atom. The highest BCUT2D eigenvalue weighted by molar-refractivity contribution is 8.00. The fourth-order valence-electron chi connectivity index (χ4n) is 3.17. The molecule has 1 N–H and O–H groups in total. The predicted octanol–water partition coefficient (Wildman–Crippen LogP) is 2.88. The van der Waals surface area contributed by atoms with Crippen molar-refractivity contribution < 1.29 is 9.53 Å². The van der Waals surface area contributed by atoms with E-state index < -0.39 is 0 Å². The molecule has 4 nitrogen and oxygen atoms in total. The van der Waals surface area contributed by atoms with Gasteiger partial charge in [-0.1, -0.05) is 18.2 Å². The van der Waals surface area contributed by atoms with E-state index in [2.05, 4.69) is 36.5 Å². The number of nitrogens with one attached hydrogen (secondary N) is 1. The van der Waals surface area contributed by atoms with E-state index in [1.807, 2.05) is 16.7 Å². The minimum atomic E-state index is 0. The summed E-state index contributed by atoms with van der Waals surface area (Å²) in [5.41, 5.74) is 1.35. The molecule has 6 heteroatoms. The number of morpholine rings is 1. The van der Waals surface area contributed by atoms with Gasteiger partial charge in [-0.2, -0.15) is 0 Å². The molecule has 0 aromatic heterocycles. The molecule has 2 saturated heterocycles. The van der Waals surface area contributed by atoms with Crippen molar-refractivity contribution in [3.63, 3.8) is 0 Å². The molecule has 0 aliphatic carbocycles. The number of benzene rings is 1. The van der Waals surface area contributed by atoms with E-state index in [4.69, 9.17) is 4.74 Å². The Morgan fingerprint density at radius 3 is 2.75 bits per heavy atom. The lowest BCUT2D eigenvalue weighted by Crippen LogP contribution is -2.44. The zero-order chi connectivity index (χ0) is 16.1. The van der Waals surface area contributed by atoms with E-state index in [0.29, 0.717) is 18.3 Å². The number of nitrogens with zero attached hydrogens (tertiary/aromatic N) is 1. The first kappa shape index (κ1) is 19.6. The normalized spacial score (nSPS) is 22.0. The van der Waals surface area contributed by atoms with Crippen LogP contribution in [0.5, 0.6) is 0 Å². The van der Waals surface area contributed by atoms with Gasteiger partial charge in [0.05, 0.1) is 19.1 Å². The Morgan fingerprint density at radius 2 is 2.08 bits per heavy atom. The third-order valence-electron chi connectivity index (χ3n) is 4.59. The number of rotatable bonds is 4. The van der Waals surface area contributed by atoms with E-state index in [0.717, 1.165) is 39.0 Å². The molecule has 0 radical (unpaired) electrons. The van der Waals surface area contributed by atoms with Crippen molar-refractivity contribution in [3.05, 3.63) is 29.8 Å². The SMILES string of the molecule is Cc1ccccc1SC1CCN(C(=O)CC2CNCCO2)CC1.Cl. The van der Waals surface area contributed by atoms with Crippen LogP contribution in [0.3, 0.4) is 0 Å². The minimum Gasteiger partial charge on any atom is -0.375 e. The maximum atomic E-state index is 12.4. The summed E-state index contributed by atoms with van der Waals surface area (Å²) < 4.78 is 5.64. The summed E-state index contributed by atoms with van der Waals surface area (Å²) in [5, 5.41) is 3.90. The highest BCUT2D eigenvalue weighted by atomic mass is 35.5. The number of piperidine rings is 1. The van der Waals surface area contributed by atoms with Crippen LogP contribution in [0.1, 0.15) is 24.8 Å². The molecule has 2 aliphatic rings. The van der Waals surface area contributed by atoms with Crippen LogP contribution in [0.25, 0.3) is 0 Å². The van der Waals surface area contributed by atoms with E-state index in [9.17, 15) is 4.79 Å². The molecule has 0 bridgehead atoms. The van der Waals surface area contributed by atoms with Gasteiger partial charge in [-0.15, -0.1) is 24.2 Å². The number of carbonyl (C=O) groups is 1. The molecular formula is C18H27ClN2O2S. The lowest BCUT2D eigenvalue weighted by molar-refractivity contribution is -0.135. The average Bonchev–Trinajstić information content (AvgIpc) is 2.58. The van der Waals surface area contributed by atoms with Gasteiger partial charge in [0.15, 0.2) is 0 Å². The largest absolute Gasteiger partial charge is 0.375 e. The van der Waals surface area contributed by atoms with Crippen molar-refractivity contribution in [2.24, 2.45) is 0 Å². The Kier molecular flexibility index (Phi) is 7.88. The first-order chi connectivity index (χ1) is 11.2. The number of hydrogen-bond donors (Lipinski definition) is 1. The maximum Gasteiger partial charge on any atom is 0.225 e.